The summed E-state index contributed by atoms with van der Waals surface area (Å²) in [5.41, 5.74) is 2.50. The van der Waals surface area contributed by atoms with E-state index in [0.29, 0.717) is 38.8 Å². The van der Waals surface area contributed by atoms with Crippen molar-refractivity contribution >= 4 is 50.2 Å². The summed E-state index contributed by atoms with van der Waals surface area (Å²) in [6.07, 6.45) is -0.602. The standard InChI is InChI=1S/C46H38N4O7S/c51-24-12-11-13-28-22-23-33-32(27-28)46(44(55)47-33)37(42(53)49-45-48-34-19-8-10-21-36(34)58-45)39-43(54)57-40(30-16-5-2-6-17-30)38(29-14-3-1-4-15-29)50(39)41(46)31-18-7-9-20-35(31)56-26-25-52/h1-10,14-23,27,37-41,51-52H,12,24-26H2,(H,47,55)(H,48,49,53)/t37-,38-,39-,40+,41+,46-/m1/s1. The molecule has 0 radical (unpaired) electrons. The highest BCUT2D eigenvalue weighted by molar-refractivity contribution is 7.22. The predicted molar refractivity (Wildman–Crippen MR) is 219 cm³/mol. The van der Waals surface area contributed by atoms with Gasteiger partial charge in [-0.1, -0.05) is 114 Å². The van der Waals surface area contributed by atoms with Crippen LogP contribution in [0, 0.1) is 17.8 Å². The largest absolute Gasteiger partial charge is 0.491 e. The minimum absolute atomic E-state index is 0.0359. The number of ether oxygens (including phenoxy) is 2. The van der Waals surface area contributed by atoms with E-state index in [0.717, 1.165) is 15.8 Å². The quantitative estimate of drug-likeness (QED) is 0.0977. The van der Waals surface area contributed by atoms with E-state index < -0.39 is 53.3 Å². The Labute approximate surface area is 338 Å². The highest BCUT2D eigenvalue weighted by atomic mass is 32.1. The van der Waals surface area contributed by atoms with Gasteiger partial charge in [-0.3, -0.25) is 19.3 Å². The molecule has 2 fully saturated rings. The molecule has 11 nitrogen and oxygen atoms in total. The number of esters is 1. The van der Waals surface area contributed by atoms with Gasteiger partial charge in [0, 0.05) is 23.2 Å². The molecular weight excluding hydrogens is 753 g/mol. The lowest BCUT2D eigenvalue weighted by Crippen LogP contribution is -2.53. The van der Waals surface area contributed by atoms with E-state index in [9.17, 15) is 10.2 Å². The molecule has 1 spiro atoms. The van der Waals surface area contributed by atoms with Crippen LogP contribution >= 0.6 is 11.3 Å². The highest BCUT2D eigenvalue weighted by Crippen LogP contribution is 2.65. The van der Waals surface area contributed by atoms with Crippen LogP contribution in [-0.2, 0) is 24.5 Å². The van der Waals surface area contributed by atoms with Gasteiger partial charge in [-0.15, -0.1) is 0 Å². The van der Waals surface area contributed by atoms with Gasteiger partial charge in [0.2, 0.25) is 11.8 Å². The van der Waals surface area contributed by atoms with Crippen molar-refractivity contribution in [3.05, 3.63) is 155 Å². The van der Waals surface area contributed by atoms with Crippen molar-refractivity contribution < 1.29 is 34.1 Å². The zero-order valence-electron chi connectivity index (χ0n) is 31.1. The number of anilines is 2. The summed E-state index contributed by atoms with van der Waals surface area (Å²) in [6, 6.07) is 36.2. The molecule has 4 heterocycles. The van der Waals surface area contributed by atoms with E-state index in [1.807, 2.05) is 102 Å². The molecule has 58 heavy (non-hydrogen) atoms. The van der Waals surface area contributed by atoms with Gasteiger partial charge in [0.1, 0.15) is 29.9 Å². The average Bonchev–Trinajstić information content (AvgIpc) is 3.90. The van der Waals surface area contributed by atoms with Crippen molar-refractivity contribution in [1.82, 2.24) is 9.88 Å². The molecule has 6 atom stereocenters. The number of carbonyl (C=O) groups excluding carboxylic acids is 3. The zero-order chi connectivity index (χ0) is 39.8. The first kappa shape index (κ1) is 37.2. The third kappa shape index (κ3) is 6.20. The van der Waals surface area contributed by atoms with Crippen LogP contribution in [0.2, 0.25) is 0 Å². The van der Waals surface area contributed by atoms with Crippen molar-refractivity contribution in [2.45, 2.75) is 36.1 Å². The molecule has 0 saturated carbocycles. The summed E-state index contributed by atoms with van der Waals surface area (Å²) in [5.74, 6) is 3.34. The predicted octanol–water partition coefficient (Wildman–Crippen LogP) is 6.31. The number of hydrogen-bond acceptors (Lipinski definition) is 10. The minimum atomic E-state index is -1.79. The number of hydrogen-bond donors (Lipinski definition) is 4. The van der Waals surface area contributed by atoms with E-state index in [1.54, 1.807) is 30.3 Å². The van der Waals surface area contributed by atoms with Crippen molar-refractivity contribution in [3.8, 4) is 17.6 Å². The number of para-hydroxylation sites is 2. The Hall–Kier alpha value is -6.36. The molecule has 12 heteroatoms. The Morgan fingerprint density at radius 1 is 0.879 bits per heavy atom. The smallest absolute Gasteiger partial charge is 0.324 e. The number of aromatic nitrogens is 1. The van der Waals surface area contributed by atoms with Crippen molar-refractivity contribution in [1.29, 1.82) is 0 Å². The first-order chi connectivity index (χ1) is 28.4. The van der Waals surface area contributed by atoms with E-state index in [1.165, 1.54) is 11.3 Å². The average molecular weight is 791 g/mol. The highest BCUT2D eigenvalue weighted by Gasteiger charge is 2.74. The van der Waals surface area contributed by atoms with Crippen LogP contribution < -0.4 is 15.4 Å². The normalized spacial score (nSPS) is 23.4. The summed E-state index contributed by atoms with van der Waals surface area (Å²) >= 11 is 1.29. The molecule has 9 rings (SSSR count). The van der Waals surface area contributed by atoms with Gasteiger partial charge in [0.05, 0.1) is 41.4 Å². The number of benzene rings is 5. The molecule has 3 aliphatic rings. The van der Waals surface area contributed by atoms with Gasteiger partial charge in [-0.25, -0.2) is 4.98 Å². The fraction of sp³-hybridized carbons (Fsp3) is 0.217. The molecule has 290 valence electrons. The molecule has 0 aliphatic carbocycles. The van der Waals surface area contributed by atoms with Gasteiger partial charge in [-0.2, -0.15) is 0 Å². The summed E-state index contributed by atoms with van der Waals surface area (Å²) in [7, 11) is 0. The van der Waals surface area contributed by atoms with Crippen LogP contribution in [0.15, 0.2) is 127 Å². The van der Waals surface area contributed by atoms with Crippen molar-refractivity contribution in [2.75, 3.05) is 30.5 Å². The van der Waals surface area contributed by atoms with Gasteiger partial charge >= 0.3 is 5.97 Å². The lowest BCUT2D eigenvalue weighted by molar-refractivity contribution is -0.177. The summed E-state index contributed by atoms with van der Waals surface area (Å²) in [5, 5.41) is 25.9. The van der Waals surface area contributed by atoms with Crippen LogP contribution in [0.4, 0.5) is 10.8 Å². The third-order valence-electron chi connectivity index (χ3n) is 11.1. The first-order valence-corrected chi connectivity index (χ1v) is 19.9. The monoisotopic (exact) mass is 790 g/mol. The van der Waals surface area contributed by atoms with Crippen LogP contribution in [0.3, 0.4) is 0 Å². The van der Waals surface area contributed by atoms with Gasteiger partial charge < -0.3 is 30.3 Å². The summed E-state index contributed by atoms with van der Waals surface area (Å²) in [6.45, 7) is -0.422. The number of rotatable bonds is 9. The number of cyclic esters (lactones) is 1. The Morgan fingerprint density at radius 2 is 1.60 bits per heavy atom. The maximum Gasteiger partial charge on any atom is 0.324 e. The lowest BCUT2D eigenvalue weighted by Gasteiger charge is -2.46. The Kier molecular flexibility index (Phi) is 9.97. The van der Waals surface area contributed by atoms with Gasteiger partial charge in [-0.05, 0) is 53.1 Å². The molecule has 6 aromatic rings. The Morgan fingerprint density at radius 3 is 2.36 bits per heavy atom. The molecule has 3 aliphatic heterocycles. The summed E-state index contributed by atoms with van der Waals surface area (Å²) < 4.78 is 13.6. The minimum Gasteiger partial charge on any atom is -0.491 e. The number of amides is 2. The van der Waals surface area contributed by atoms with E-state index in [-0.39, 0.29) is 26.2 Å². The van der Waals surface area contributed by atoms with Crippen LogP contribution in [0.25, 0.3) is 10.2 Å². The van der Waals surface area contributed by atoms with Crippen LogP contribution in [0.1, 0.15) is 52.4 Å². The van der Waals surface area contributed by atoms with Gasteiger partial charge in [0.15, 0.2) is 5.13 Å². The van der Waals surface area contributed by atoms with E-state index in [4.69, 9.17) is 14.5 Å². The fourth-order valence-electron chi connectivity index (χ4n) is 8.96. The molecule has 1 aromatic heterocycles. The first-order valence-electron chi connectivity index (χ1n) is 19.1. The molecule has 0 unspecified atom stereocenters. The van der Waals surface area contributed by atoms with Crippen molar-refractivity contribution in [3.63, 3.8) is 0 Å². The summed E-state index contributed by atoms with van der Waals surface area (Å²) in [4.78, 5) is 52.7. The maximum absolute atomic E-state index is 15.5. The van der Waals surface area contributed by atoms with Crippen LogP contribution in [-0.4, -0.2) is 63.7 Å². The molecular formula is C46H38N4O7S. The third-order valence-corrected chi connectivity index (χ3v) is 12.1. The SMILES string of the molecule is O=C1O[C@@H](c2ccccc2)[C@@H](c2ccccc2)N2[C@@H](c3ccccc3OCCO)[C@]3(C(=O)Nc4ccc(C#CCCO)cc43)[C@@H](C(=O)Nc3nc4ccccc4s3)[C@H]12. The molecule has 2 amide bonds. The second-order valence-corrected chi connectivity index (χ2v) is 15.4. The number of carbonyl (C=O) groups is 3. The fourth-order valence-corrected chi connectivity index (χ4v) is 9.83. The number of aliphatic hydroxyl groups is 2. The number of nitrogens with one attached hydrogen (secondary N) is 2. The number of nitrogens with zero attached hydrogens (tertiary/aromatic N) is 2. The number of aliphatic hydroxyl groups excluding tert-OH is 2. The molecule has 2 saturated heterocycles. The second-order valence-electron chi connectivity index (χ2n) is 14.3. The Bertz CT molecular complexity index is 2560. The van der Waals surface area contributed by atoms with Crippen molar-refractivity contribution in [2.24, 2.45) is 5.92 Å². The molecule has 4 N–H and O–H groups in total. The number of thiazole rings is 1. The molecule has 5 aromatic carbocycles. The lowest BCUT2D eigenvalue weighted by atomic mass is 9.65. The number of morpholine rings is 1. The number of fused-ring (bicyclic) bond motifs is 4. The topological polar surface area (TPSA) is 150 Å². The second kappa shape index (κ2) is 15.5. The van der Waals surface area contributed by atoms with Gasteiger partial charge in [0.25, 0.3) is 0 Å². The molecule has 0 bridgehead atoms. The maximum atomic E-state index is 15.5. The van der Waals surface area contributed by atoms with Crippen LogP contribution in [0.5, 0.6) is 5.75 Å². The zero-order valence-corrected chi connectivity index (χ0v) is 31.9. The Balaban J connectivity index is 1.34. The van der Waals surface area contributed by atoms with E-state index in [2.05, 4.69) is 22.5 Å². The van der Waals surface area contributed by atoms with E-state index >= 15 is 14.4 Å².